The summed E-state index contributed by atoms with van der Waals surface area (Å²) >= 11 is 0. The Hall–Kier alpha value is -1.15. The van der Waals surface area contributed by atoms with Crippen molar-refractivity contribution in [3.63, 3.8) is 0 Å². The topological polar surface area (TPSA) is 20.3 Å². The summed E-state index contributed by atoms with van der Waals surface area (Å²) in [5.74, 6) is 0.521. The molecule has 1 atom stereocenters. The van der Waals surface area contributed by atoms with Gasteiger partial charge in [-0.2, -0.15) is 0 Å². The minimum atomic E-state index is 0.0365. The van der Waals surface area contributed by atoms with Gasteiger partial charge in [-0.3, -0.25) is 9.69 Å². The highest BCUT2D eigenvalue weighted by molar-refractivity contribution is 5.87. The number of likely N-dealkylation sites (tertiary alicyclic amines) is 1. The normalized spacial score (nSPS) is 29.3. The van der Waals surface area contributed by atoms with E-state index in [1.54, 1.807) is 0 Å². The van der Waals surface area contributed by atoms with Crippen LogP contribution in [0, 0.1) is 5.41 Å². The van der Waals surface area contributed by atoms with E-state index in [2.05, 4.69) is 35.2 Å². The van der Waals surface area contributed by atoms with Crippen LogP contribution in [-0.2, 0) is 11.3 Å². The Morgan fingerprint density at radius 3 is 2.71 bits per heavy atom. The van der Waals surface area contributed by atoms with Crippen molar-refractivity contribution in [1.29, 1.82) is 0 Å². The van der Waals surface area contributed by atoms with E-state index < -0.39 is 0 Å². The van der Waals surface area contributed by atoms with Crippen LogP contribution < -0.4 is 0 Å². The van der Waals surface area contributed by atoms with Crippen LogP contribution in [-0.4, -0.2) is 23.8 Å². The van der Waals surface area contributed by atoms with Crippen molar-refractivity contribution >= 4 is 5.78 Å². The first-order valence-electron chi connectivity index (χ1n) is 6.58. The first-order chi connectivity index (χ1) is 8.28. The van der Waals surface area contributed by atoms with Gasteiger partial charge in [0.1, 0.15) is 5.78 Å². The lowest BCUT2D eigenvalue weighted by Gasteiger charge is -2.22. The molecule has 1 aliphatic carbocycles. The molecule has 90 valence electrons. The molecule has 3 rings (SSSR count). The monoisotopic (exact) mass is 229 g/mol. The zero-order chi connectivity index (χ0) is 11.7. The van der Waals surface area contributed by atoms with Gasteiger partial charge in [0.25, 0.3) is 0 Å². The van der Waals surface area contributed by atoms with Gasteiger partial charge in [-0.05, 0) is 31.4 Å². The third-order valence-electron chi connectivity index (χ3n) is 4.33. The van der Waals surface area contributed by atoms with Crippen molar-refractivity contribution in [3.05, 3.63) is 35.9 Å². The second kappa shape index (κ2) is 4.26. The number of rotatable bonds is 2. The van der Waals surface area contributed by atoms with Gasteiger partial charge in [0, 0.05) is 24.9 Å². The van der Waals surface area contributed by atoms with Crippen molar-refractivity contribution < 1.29 is 4.79 Å². The van der Waals surface area contributed by atoms with Crippen LogP contribution >= 0.6 is 0 Å². The zero-order valence-corrected chi connectivity index (χ0v) is 10.2. The SMILES string of the molecule is O=C1CCCC12CCN(Cc1ccccc1)C2. The summed E-state index contributed by atoms with van der Waals surface area (Å²) in [7, 11) is 0. The summed E-state index contributed by atoms with van der Waals surface area (Å²) in [5, 5.41) is 0. The van der Waals surface area contributed by atoms with E-state index in [0.29, 0.717) is 5.78 Å². The van der Waals surface area contributed by atoms with E-state index in [1.807, 2.05) is 0 Å². The molecule has 0 radical (unpaired) electrons. The number of hydrogen-bond donors (Lipinski definition) is 0. The number of nitrogens with zero attached hydrogens (tertiary/aromatic N) is 1. The lowest BCUT2D eigenvalue weighted by atomic mass is 9.84. The smallest absolute Gasteiger partial charge is 0.140 e. The van der Waals surface area contributed by atoms with Crippen molar-refractivity contribution in [1.82, 2.24) is 4.90 Å². The van der Waals surface area contributed by atoms with E-state index in [9.17, 15) is 4.79 Å². The fraction of sp³-hybridized carbons (Fsp3) is 0.533. The summed E-state index contributed by atoms with van der Waals surface area (Å²) in [4.78, 5) is 14.4. The van der Waals surface area contributed by atoms with Gasteiger partial charge in [-0.1, -0.05) is 30.3 Å². The molecular weight excluding hydrogens is 210 g/mol. The quantitative estimate of drug-likeness (QED) is 0.777. The maximum Gasteiger partial charge on any atom is 0.140 e. The standard InChI is InChI=1S/C15H19NO/c17-14-7-4-8-15(14)9-10-16(12-15)11-13-5-2-1-3-6-13/h1-3,5-6H,4,7-12H2. The van der Waals surface area contributed by atoms with Crippen molar-refractivity contribution in [2.75, 3.05) is 13.1 Å². The Balaban J connectivity index is 1.67. The Morgan fingerprint density at radius 2 is 2.00 bits per heavy atom. The molecule has 1 saturated carbocycles. The number of benzene rings is 1. The maximum absolute atomic E-state index is 12.0. The largest absolute Gasteiger partial charge is 0.299 e. The van der Waals surface area contributed by atoms with Crippen LogP contribution in [0.25, 0.3) is 0 Å². The minimum absolute atomic E-state index is 0.0365. The van der Waals surface area contributed by atoms with Gasteiger partial charge in [-0.15, -0.1) is 0 Å². The molecule has 0 bridgehead atoms. The Morgan fingerprint density at radius 1 is 1.18 bits per heavy atom. The first kappa shape index (κ1) is 11.0. The van der Waals surface area contributed by atoms with E-state index in [0.717, 1.165) is 45.3 Å². The molecule has 1 aliphatic heterocycles. The van der Waals surface area contributed by atoms with Gasteiger partial charge in [0.2, 0.25) is 0 Å². The Labute approximate surface area is 103 Å². The predicted molar refractivity (Wildman–Crippen MR) is 67.6 cm³/mol. The van der Waals surface area contributed by atoms with Crippen molar-refractivity contribution in [2.45, 2.75) is 32.2 Å². The van der Waals surface area contributed by atoms with E-state index in [-0.39, 0.29) is 5.41 Å². The molecule has 2 heteroatoms. The molecule has 0 amide bonds. The number of Topliss-reactive ketones (excluding diaryl/α,β-unsaturated/α-hetero) is 1. The number of ketones is 1. The molecule has 2 fully saturated rings. The molecule has 1 heterocycles. The molecule has 1 saturated heterocycles. The summed E-state index contributed by atoms with van der Waals surface area (Å²) < 4.78 is 0. The zero-order valence-electron chi connectivity index (χ0n) is 10.2. The van der Waals surface area contributed by atoms with Crippen LogP contribution in [0.2, 0.25) is 0 Å². The third-order valence-corrected chi connectivity index (χ3v) is 4.33. The van der Waals surface area contributed by atoms with E-state index >= 15 is 0 Å². The molecule has 1 aromatic rings. The van der Waals surface area contributed by atoms with Crippen LogP contribution in [0.4, 0.5) is 0 Å². The molecule has 0 N–H and O–H groups in total. The summed E-state index contributed by atoms with van der Waals surface area (Å²) in [6.45, 7) is 3.07. The number of hydrogen-bond acceptors (Lipinski definition) is 2. The molecule has 2 aliphatic rings. The van der Waals surface area contributed by atoms with E-state index in [4.69, 9.17) is 0 Å². The molecule has 1 unspecified atom stereocenters. The third kappa shape index (κ3) is 2.02. The van der Waals surface area contributed by atoms with E-state index in [1.165, 1.54) is 5.56 Å². The van der Waals surface area contributed by atoms with Crippen molar-refractivity contribution in [2.24, 2.45) is 5.41 Å². The highest BCUT2D eigenvalue weighted by Gasteiger charge is 2.46. The fourth-order valence-electron chi connectivity index (χ4n) is 3.36. The van der Waals surface area contributed by atoms with Gasteiger partial charge in [0.15, 0.2) is 0 Å². The summed E-state index contributed by atoms with van der Waals surface area (Å²) in [6.07, 6.45) is 4.13. The fourth-order valence-corrected chi connectivity index (χ4v) is 3.36. The van der Waals surface area contributed by atoms with Crippen LogP contribution in [0.3, 0.4) is 0 Å². The molecular formula is C15H19NO. The summed E-state index contributed by atoms with van der Waals surface area (Å²) in [6, 6.07) is 10.6. The highest BCUT2D eigenvalue weighted by atomic mass is 16.1. The first-order valence-corrected chi connectivity index (χ1v) is 6.58. The lowest BCUT2D eigenvalue weighted by Crippen LogP contribution is -2.30. The minimum Gasteiger partial charge on any atom is -0.299 e. The summed E-state index contributed by atoms with van der Waals surface area (Å²) in [5.41, 5.74) is 1.39. The van der Waals surface area contributed by atoms with Gasteiger partial charge in [0.05, 0.1) is 0 Å². The molecule has 17 heavy (non-hydrogen) atoms. The number of carbonyl (C=O) groups is 1. The van der Waals surface area contributed by atoms with Crippen molar-refractivity contribution in [3.8, 4) is 0 Å². The maximum atomic E-state index is 12.0. The van der Waals surface area contributed by atoms with Crippen LogP contribution in [0.5, 0.6) is 0 Å². The van der Waals surface area contributed by atoms with Gasteiger partial charge in [-0.25, -0.2) is 0 Å². The van der Waals surface area contributed by atoms with Gasteiger partial charge >= 0.3 is 0 Å². The molecule has 1 aromatic carbocycles. The van der Waals surface area contributed by atoms with Crippen LogP contribution in [0.15, 0.2) is 30.3 Å². The second-order valence-corrected chi connectivity index (χ2v) is 5.50. The lowest BCUT2D eigenvalue weighted by molar-refractivity contribution is -0.125. The highest BCUT2D eigenvalue weighted by Crippen LogP contribution is 2.42. The predicted octanol–water partition coefficient (Wildman–Crippen LogP) is 2.63. The molecule has 0 aromatic heterocycles. The molecule has 2 nitrogen and oxygen atoms in total. The molecule has 1 spiro atoms. The number of carbonyl (C=O) groups excluding carboxylic acids is 1. The average Bonchev–Trinajstić information content (AvgIpc) is 2.90. The van der Waals surface area contributed by atoms with Gasteiger partial charge < -0.3 is 0 Å². The average molecular weight is 229 g/mol. The Bertz CT molecular complexity index is 414. The van der Waals surface area contributed by atoms with Crippen LogP contribution in [0.1, 0.15) is 31.2 Å². The Kier molecular flexibility index (Phi) is 2.75. The second-order valence-electron chi connectivity index (χ2n) is 5.50.